The van der Waals surface area contributed by atoms with E-state index in [4.69, 9.17) is 0 Å². The van der Waals surface area contributed by atoms with E-state index in [0.29, 0.717) is 19.5 Å². The number of hydrogen-bond donors (Lipinski definition) is 2. The Morgan fingerprint density at radius 2 is 2.00 bits per heavy atom. The molecule has 0 aromatic heterocycles. The van der Waals surface area contributed by atoms with Gasteiger partial charge in [0, 0.05) is 19.5 Å². The topological polar surface area (TPSA) is 67.4 Å². The van der Waals surface area contributed by atoms with Crippen molar-refractivity contribution in [1.29, 1.82) is 0 Å². The molecule has 1 atom stereocenters. The van der Waals surface area contributed by atoms with Crippen molar-refractivity contribution in [3.05, 3.63) is 0 Å². The first-order chi connectivity index (χ1) is 7.11. The zero-order valence-electron chi connectivity index (χ0n) is 9.63. The molecule has 1 amide bonds. The minimum atomic E-state index is -0.367. The molecule has 5 nitrogen and oxygen atoms in total. The largest absolute Gasteiger partial charge is 0.468 e. The summed E-state index contributed by atoms with van der Waals surface area (Å²) in [5, 5.41) is 5.66. The Labute approximate surface area is 90.6 Å². The van der Waals surface area contributed by atoms with Gasteiger partial charge in [-0.25, -0.2) is 0 Å². The maximum atomic E-state index is 11.2. The molecule has 15 heavy (non-hydrogen) atoms. The summed E-state index contributed by atoms with van der Waals surface area (Å²) in [5.41, 5.74) is 0. The predicted octanol–water partition coefficient (Wildman–Crippen LogP) is 0.0538. The molecule has 0 bridgehead atoms. The van der Waals surface area contributed by atoms with Gasteiger partial charge in [-0.1, -0.05) is 6.92 Å². The molecular weight excluding hydrogens is 196 g/mol. The van der Waals surface area contributed by atoms with Crippen LogP contribution in [-0.4, -0.2) is 38.1 Å². The fourth-order valence-electron chi connectivity index (χ4n) is 1.02. The van der Waals surface area contributed by atoms with Crippen LogP contribution in [-0.2, 0) is 14.3 Å². The first-order valence-corrected chi connectivity index (χ1v) is 5.19. The first-order valence-electron chi connectivity index (χ1n) is 5.19. The molecule has 5 heteroatoms. The lowest BCUT2D eigenvalue weighted by atomic mass is 10.3. The summed E-state index contributed by atoms with van der Waals surface area (Å²) in [6.45, 7) is 4.88. The van der Waals surface area contributed by atoms with Crippen molar-refractivity contribution in [2.75, 3.05) is 20.2 Å². The van der Waals surface area contributed by atoms with Gasteiger partial charge in [0.05, 0.1) is 7.11 Å². The molecule has 1 unspecified atom stereocenters. The summed E-state index contributed by atoms with van der Waals surface area (Å²) < 4.78 is 4.53. The van der Waals surface area contributed by atoms with E-state index in [1.54, 1.807) is 6.92 Å². The van der Waals surface area contributed by atoms with Crippen molar-refractivity contribution in [3.63, 3.8) is 0 Å². The molecular formula is C10H20N2O3. The number of methoxy groups -OCH3 is 1. The molecule has 0 rings (SSSR count). The predicted molar refractivity (Wildman–Crippen MR) is 57.4 cm³/mol. The highest BCUT2D eigenvalue weighted by molar-refractivity contribution is 5.77. The highest BCUT2D eigenvalue weighted by atomic mass is 16.5. The van der Waals surface area contributed by atoms with Gasteiger partial charge in [0.15, 0.2) is 0 Å². The zero-order valence-corrected chi connectivity index (χ0v) is 9.63. The Balaban J connectivity index is 3.52. The minimum Gasteiger partial charge on any atom is -0.468 e. The summed E-state index contributed by atoms with van der Waals surface area (Å²) in [5.74, 6) is -0.314. The molecule has 0 radical (unpaired) electrons. The number of carbonyl (C=O) groups is 2. The summed E-state index contributed by atoms with van der Waals surface area (Å²) in [7, 11) is 1.34. The Morgan fingerprint density at radius 1 is 1.33 bits per heavy atom. The summed E-state index contributed by atoms with van der Waals surface area (Å²) in [6.07, 6.45) is 1.30. The maximum Gasteiger partial charge on any atom is 0.322 e. The van der Waals surface area contributed by atoms with Crippen LogP contribution in [0.25, 0.3) is 0 Å². The van der Waals surface area contributed by atoms with E-state index in [-0.39, 0.29) is 17.9 Å². The van der Waals surface area contributed by atoms with Crippen LogP contribution in [0.4, 0.5) is 0 Å². The molecule has 0 aliphatic rings. The van der Waals surface area contributed by atoms with Crippen LogP contribution in [0.3, 0.4) is 0 Å². The van der Waals surface area contributed by atoms with Crippen LogP contribution in [0, 0.1) is 0 Å². The highest BCUT2D eigenvalue weighted by Gasteiger charge is 2.11. The van der Waals surface area contributed by atoms with Crippen molar-refractivity contribution < 1.29 is 14.3 Å². The minimum absolute atomic E-state index is 0.00131. The Hall–Kier alpha value is -1.10. The van der Waals surface area contributed by atoms with Crippen LogP contribution >= 0.6 is 0 Å². The van der Waals surface area contributed by atoms with E-state index in [2.05, 4.69) is 15.4 Å². The van der Waals surface area contributed by atoms with Crippen molar-refractivity contribution in [2.45, 2.75) is 32.7 Å². The number of ether oxygens (including phenoxy) is 1. The van der Waals surface area contributed by atoms with E-state index in [9.17, 15) is 9.59 Å². The molecule has 88 valence electrons. The van der Waals surface area contributed by atoms with Crippen molar-refractivity contribution in [3.8, 4) is 0 Å². The standard InChI is InChI=1S/C10H20N2O3/c1-4-6-12-9(13)5-7-11-8(2)10(14)15-3/h8,11H,4-7H2,1-3H3,(H,12,13). The van der Waals surface area contributed by atoms with Gasteiger partial charge in [-0.3, -0.25) is 9.59 Å². The molecule has 0 aromatic rings. The number of amides is 1. The van der Waals surface area contributed by atoms with Gasteiger partial charge in [-0.05, 0) is 13.3 Å². The number of esters is 1. The van der Waals surface area contributed by atoms with E-state index < -0.39 is 0 Å². The molecule has 0 aliphatic carbocycles. The van der Waals surface area contributed by atoms with Crippen LogP contribution in [0.1, 0.15) is 26.7 Å². The van der Waals surface area contributed by atoms with Gasteiger partial charge < -0.3 is 15.4 Å². The van der Waals surface area contributed by atoms with Gasteiger partial charge in [0.1, 0.15) is 6.04 Å². The summed E-state index contributed by atoms with van der Waals surface area (Å²) in [6, 6.07) is -0.367. The van der Waals surface area contributed by atoms with Gasteiger partial charge >= 0.3 is 5.97 Å². The van der Waals surface area contributed by atoms with Crippen molar-refractivity contribution in [1.82, 2.24) is 10.6 Å². The van der Waals surface area contributed by atoms with E-state index in [1.807, 2.05) is 6.92 Å². The molecule has 2 N–H and O–H groups in total. The highest BCUT2D eigenvalue weighted by Crippen LogP contribution is 1.87. The third kappa shape index (κ3) is 6.90. The van der Waals surface area contributed by atoms with Gasteiger partial charge in [-0.15, -0.1) is 0 Å². The Bertz CT molecular complexity index is 207. The Kier molecular flexibility index (Phi) is 7.62. The van der Waals surface area contributed by atoms with E-state index in [1.165, 1.54) is 7.11 Å². The average Bonchev–Trinajstić information content (AvgIpc) is 2.24. The molecule has 0 heterocycles. The van der Waals surface area contributed by atoms with Gasteiger partial charge in [0.25, 0.3) is 0 Å². The van der Waals surface area contributed by atoms with Crippen LogP contribution < -0.4 is 10.6 Å². The smallest absolute Gasteiger partial charge is 0.322 e. The lowest BCUT2D eigenvalue weighted by molar-refractivity contribution is -0.142. The van der Waals surface area contributed by atoms with Crippen LogP contribution in [0.15, 0.2) is 0 Å². The maximum absolute atomic E-state index is 11.2. The summed E-state index contributed by atoms with van der Waals surface area (Å²) >= 11 is 0. The lowest BCUT2D eigenvalue weighted by Crippen LogP contribution is -2.37. The van der Waals surface area contributed by atoms with E-state index in [0.717, 1.165) is 6.42 Å². The summed E-state index contributed by atoms with van der Waals surface area (Å²) in [4.78, 5) is 22.1. The molecule has 0 fully saturated rings. The normalized spacial score (nSPS) is 11.9. The Morgan fingerprint density at radius 3 is 2.53 bits per heavy atom. The van der Waals surface area contributed by atoms with Crippen molar-refractivity contribution in [2.24, 2.45) is 0 Å². The quantitative estimate of drug-likeness (QED) is 0.590. The lowest BCUT2D eigenvalue weighted by Gasteiger charge is -2.10. The third-order valence-corrected chi connectivity index (χ3v) is 1.93. The first kappa shape index (κ1) is 13.9. The fourth-order valence-corrected chi connectivity index (χ4v) is 1.02. The molecule has 0 saturated heterocycles. The molecule has 0 aliphatic heterocycles. The van der Waals surface area contributed by atoms with Crippen molar-refractivity contribution >= 4 is 11.9 Å². The molecule has 0 saturated carbocycles. The number of carbonyl (C=O) groups excluding carboxylic acids is 2. The monoisotopic (exact) mass is 216 g/mol. The van der Waals surface area contributed by atoms with E-state index >= 15 is 0 Å². The SMILES string of the molecule is CCCNC(=O)CCNC(C)C(=O)OC. The number of nitrogens with one attached hydrogen (secondary N) is 2. The van der Waals surface area contributed by atoms with Gasteiger partial charge in [0.2, 0.25) is 5.91 Å². The van der Waals surface area contributed by atoms with Crippen LogP contribution in [0.2, 0.25) is 0 Å². The fraction of sp³-hybridized carbons (Fsp3) is 0.800. The number of hydrogen-bond acceptors (Lipinski definition) is 4. The number of rotatable bonds is 7. The average molecular weight is 216 g/mol. The molecule has 0 aromatic carbocycles. The second kappa shape index (κ2) is 8.23. The second-order valence-corrected chi connectivity index (χ2v) is 3.30. The van der Waals surface area contributed by atoms with Crippen LogP contribution in [0.5, 0.6) is 0 Å². The third-order valence-electron chi connectivity index (χ3n) is 1.93. The second-order valence-electron chi connectivity index (χ2n) is 3.30. The van der Waals surface area contributed by atoms with Gasteiger partial charge in [-0.2, -0.15) is 0 Å². The zero-order chi connectivity index (χ0) is 11.7. The molecule has 0 spiro atoms.